The van der Waals surface area contributed by atoms with E-state index in [1.165, 1.54) is 12.1 Å². The number of carbonyl (C=O) groups is 1. The van der Waals surface area contributed by atoms with Crippen LogP contribution in [0.15, 0.2) is 59.5 Å². The molecule has 0 saturated heterocycles. The second-order valence-corrected chi connectivity index (χ2v) is 7.40. The van der Waals surface area contributed by atoms with Gasteiger partial charge in [-0.05, 0) is 36.2 Å². The second-order valence-electron chi connectivity index (χ2n) is 5.84. The van der Waals surface area contributed by atoms with E-state index in [1.807, 2.05) is 41.9 Å². The molecule has 1 heterocycles. The van der Waals surface area contributed by atoms with Crippen LogP contribution in [0.5, 0.6) is 0 Å². The first-order chi connectivity index (χ1) is 11.9. The van der Waals surface area contributed by atoms with Crippen molar-refractivity contribution in [1.82, 2.24) is 9.88 Å². The number of aromatic nitrogens is 1. The van der Waals surface area contributed by atoms with Crippen molar-refractivity contribution >= 4 is 26.8 Å². The van der Waals surface area contributed by atoms with Gasteiger partial charge in [0, 0.05) is 24.5 Å². The minimum atomic E-state index is -3.68. The molecule has 130 valence electrons. The topological polar surface area (TPSA) is 94.2 Å². The second kappa shape index (κ2) is 6.70. The van der Waals surface area contributed by atoms with Gasteiger partial charge in [-0.25, -0.2) is 13.6 Å². The summed E-state index contributed by atoms with van der Waals surface area (Å²) in [6, 6.07) is 16.0. The van der Waals surface area contributed by atoms with Crippen LogP contribution < -0.4 is 10.5 Å². The third kappa shape index (κ3) is 3.72. The van der Waals surface area contributed by atoms with Crippen molar-refractivity contribution in [2.24, 2.45) is 12.2 Å². The summed E-state index contributed by atoms with van der Waals surface area (Å²) in [5.74, 6) is -0.139. The van der Waals surface area contributed by atoms with Crippen LogP contribution in [0.2, 0.25) is 0 Å². The summed E-state index contributed by atoms with van der Waals surface area (Å²) in [7, 11) is -1.82. The number of sulfonamides is 1. The number of hydrogen-bond donors (Lipinski definition) is 2. The zero-order valence-corrected chi connectivity index (χ0v) is 14.6. The van der Waals surface area contributed by atoms with E-state index >= 15 is 0 Å². The highest BCUT2D eigenvalue weighted by Gasteiger charge is 2.12. The number of nitrogens with one attached hydrogen (secondary N) is 1. The maximum Gasteiger partial charge on any atom is 0.267 e. The van der Waals surface area contributed by atoms with Gasteiger partial charge in [-0.15, -0.1) is 0 Å². The molecule has 0 fully saturated rings. The molecular weight excluding hydrogens is 338 g/mol. The maximum atomic E-state index is 12.4. The minimum absolute atomic E-state index is 0.0794. The zero-order valence-electron chi connectivity index (χ0n) is 13.8. The first-order valence-electron chi connectivity index (χ1n) is 7.80. The number of carbonyl (C=O) groups excluding carboxylic acids is 1. The molecule has 2 aromatic carbocycles. The van der Waals surface area contributed by atoms with Crippen LogP contribution >= 0.6 is 0 Å². The van der Waals surface area contributed by atoms with Crippen LogP contribution in [-0.4, -0.2) is 25.4 Å². The van der Waals surface area contributed by atoms with Crippen LogP contribution in [0.4, 0.5) is 0 Å². The molecule has 0 atom stereocenters. The van der Waals surface area contributed by atoms with Crippen LogP contribution in [0.3, 0.4) is 0 Å². The Morgan fingerprint density at radius 2 is 1.80 bits per heavy atom. The lowest BCUT2D eigenvalue weighted by Crippen LogP contribution is -2.27. The predicted molar refractivity (Wildman–Crippen MR) is 96.8 cm³/mol. The number of nitrogens with zero attached hydrogens (tertiary/aromatic N) is 1. The Bertz CT molecular complexity index is 1020. The molecule has 0 spiro atoms. The van der Waals surface area contributed by atoms with Gasteiger partial charge in [-0.1, -0.05) is 30.3 Å². The van der Waals surface area contributed by atoms with Gasteiger partial charge < -0.3 is 9.88 Å². The number of amides is 1. The highest BCUT2D eigenvalue weighted by Crippen LogP contribution is 2.18. The number of primary sulfonamides is 1. The molecule has 1 amide bonds. The summed E-state index contributed by atoms with van der Waals surface area (Å²) in [6.07, 6.45) is 0.598. The molecule has 0 aliphatic carbocycles. The summed E-state index contributed by atoms with van der Waals surface area (Å²) >= 11 is 0. The molecule has 3 aromatic rings. The van der Waals surface area contributed by atoms with E-state index in [1.54, 1.807) is 12.1 Å². The Kier molecular flexibility index (Phi) is 4.61. The van der Waals surface area contributed by atoms with Crippen LogP contribution in [0.25, 0.3) is 10.9 Å². The van der Waals surface area contributed by atoms with Gasteiger partial charge in [0.15, 0.2) is 0 Å². The van der Waals surface area contributed by atoms with Crippen molar-refractivity contribution in [1.29, 1.82) is 0 Å². The van der Waals surface area contributed by atoms with Crippen molar-refractivity contribution in [3.63, 3.8) is 0 Å². The highest BCUT2D eigenvalue weighted by molar-refractivity contribution is 7.89. The average Bonchev–Trinajstić information content (AvgIpc) is 2.92. The first-order valence-corrected chi connectivity index (χ1v) is 9.35. The molecular formula is C18H19N3O3S. The normalized spacial score (nSPS) is 11.6. The van der Waals surface area contributed by atoms with Gasteiger partial charge in [0.05, 0.1) is 4.90 Å². The van der Waals surface area contributed by atoms with E-state index in [-0.39, 0.29) is 10.8 Å². The molecule has 7 heteroatoms. The highest BCUT2D eigenvalue weighted by atomic mass is 32.2. The summed E-state index contributed by atoms with van der Waals surface area (Å²) in [6.45, 7) is 0.453. The van der Waals surface area contributed by atoms with Gasteiger partial charge in [0.1, 0.15) is 5.69 Å². The van der Waals surface area contributed by atoms with Crippen molar-refractivity contribution < 1.29 is 13.2 Å². The lowest BCUT2D eigenvalue weighted by molar-refractivity contribution is 0.0946. The fraction of sp³-hybridized carbons (Fsp3) is 0.167. The predicted octanol–water partition coefficient (Wildman–Crippen LogP) is 1.80. The third-order valence-electron chi connectivity index (χ3n) is 4.14. The molecule has 0 aliphatic heterocycles. The Morgan fingerprint density at radius 1 is 1.12 bits per heavy atom. The number of rotatable bonds is 5. The molecule has 25 heavy (non-hydrogen) atoms. The van der Waals surface area contributed by atoms with Crippen LogP contribution in [-0.2, 0) is 23.5 Å². The SMILES string of the molecule is Cn1c(C(=O)NCCc2ccc(S(N)(=O)=O)cc2)cc2ccccc21. The summed E-state index contributed by atoms with van der Waals surface area (Å²) in [5.41, 5.74) is 2.53. The van der Waals surface area contributed by atoms with E-state index in [0.717, 1.165) is 16.5 Å². The summed E-state index contributed by atoms with van der Waals surface area (Å²) in [4.78, 5) is 12.5. The smallest absolute Gasteiger partial charge is 0.267 e. The number of benzene rings is 2. The molecule has 6 nitrogen and oxygen atoms in total. The van der Waals surface area contributed by atoms with Crippen molar-refractivity contribution in [3.8, 4) is 0 Å². The number of para-hydroxylation sites is 1. The maximum absolute atomic E-state index is 12.4. The van der Waals surface area contributed by atoms with Crippen LogP contribution in [0.1, 0.15) is 16.1 Å². The fourth-order valence-corrected chi connectivity index (χ4v) is 3.28. The number of aryl methyl sites for hydroxylation is 1. The van der Waals surface area contributed by atoms with Gasteiger partial charge >= 0.3 is 0 Å². The Hall–Kier alpha value is -2.64. The van der Waals surface area contributed by atoms with Gasteiger partial charge in [0.2, 0.25) is 10.0 Å². The first kappa shape index (κ1) is 17.2. The Balaban J connectivity index is 1.63. The number of hydrogen-bond acceptors (Lipinski definition) is 3. The molecule has 3 N–H and O–H groups in total. The van der Waals surface area contributed by atoms with Gasteiger partial charge in [-0.3, -0.25) is 4.79 Å². The fourth-order valence-electron chi connectivity index (χ4n) is 2.76. The summed E-state index contributed by atoms with van der Waals surface area (Å²) in [5, 5.41) is 8.98. The van der Waals surface area contributed by atoms with Gasteiger partial charge in [-0.2, -0.15) is 0 Å². The Morgan fingerprint density at radius 3 is 2.44 bits per heavy atom. The van der Waals surface area contributed by atoms with E-state index in [9.17, 15) is 13.2 Å². The van der Waals surface area contributed by atoms with Crippen LogP contribution in [0, 0.1) is 0 Å². The van der Waals surface area contributed by atoms with E-state index < -0.39 is 10.0 Å². The standard InChI is InChI=1S/C18H19N3O3S/c1-21-16-5-3-2-4-14(16)12-17(21)18(22)20-11-10-13-6-8-15(9-7-13)25(19,23)24/h2-9,12H,10-11H2,1H3,(H,20,22)(H2,19,23,24). The monoisotopic (exact) mass is 357 g/mol. The zero-order chi connectivity index (χ0) is 18.0. The van der Waals surface area contributed by atoms with Crippen molar-refractivity contribution in [2.45, 2.75) is 11.3 Å². The molecule has 0 radical (unpaired) electrons. The Labute approximate surface area is 146 Å². The molecule has 0 saturated carbocycles. The lowest BCUT2D eigenvalue weighted by Gasteiger charge is -2.07. The average molecular weight is 357 g/mol. The summed E-state index contributed by atoms with van der Waals surface area (Å²) < 4.78 is 24.3. The van der Waals surface area contributed by atoms with E-state index in [4.69, 9.17) is 5.14 Å². The third-order valence-corrected chi connectivity index (χ3v) is 5.06. The van der Waals surface area contributed by atoms with Gasteiger partial charge in [0.25, 0.3) is 5.91 Å². The van der Waals surface area contributed by atoms with E-state index in [0.29, 0.717) is 18.7 Å². The molecule has 1 aromatic heterocycles. The minimum Gasteiger partial charge on any atom is -0.350 e. The van der Waals surface area contributed by atoms with Crippen molar-refractivity contribution in [3.05, 3.63) is 65.9 Å². The molecule has 0 aliphatic rings. The molecule has 0 bridgehead atoms. The molecule has 0 unspecified atom stereocenters. The number of nitrogens with two attached hydrogens (primary N) is 1. The van der Waals surface area contributed by atoms with E-state index in [2.05, 4.69) is 5.32 Å². The number of fused-ring (bicyclic) bond motifs is 1. The quantitative estimate of drug-likeness (QED) is 0.729. The molecule has 3 rings (SSSR count). The largest absolute Gasteiger partial charge is 0.350 e. The lowest BCUT2D eigenvalue weighted by atomic mass is 10.1. The van der Waals surface area contributed by atoms with Crippen molar-refractivity contribution in [2.75, 3.05) is 6.54 Å².